The fraction of sp³-hybridized carbons (Fsp3) is 0.0625. The number of esters is 1. The molecule has 2 rings (SSSR count). The molecule has 5 nitrogen and oxygen atoms in total. The Morgan fingerprint density at radius 1 is 1.04 bits per heavy atom. The van der Waals surface area contributed by atoms with E-state index >= 15 is 0 Å². The third-order valence-electron chi connectivity index (χ3n) is 2.90. The van der Waals surface area contributed by atoms with Crippen molar-refractivity contribution in [3.05, 3.63) is 68.8 Å². The molecule has 0 spiro atoms. The van der Waals surface area contributed by atoms with Gasteiger partial charge in [-0.3, -0.25) is 10.1 Å². The van der Waals surface area contributed by atoms with Crippen LogP contribution in [-0.2, 0) is 0 Å². The van der Waals surface area contributed by atoms with Crippen LogP contribution in [0.1, 0.15) is 22.8 Å². The van der Waals surface area contributed by atoms with Gasteiger partial charge in [-0.1, -0.05) is 5.92 Å². The lowest BCUT2D eigenvalue weighted by atomic mass is 10.1. The van der Waals surface area contributed by atoms with Gasteiger partial charge in [0.15, 0.2) is 0 Å². The Kier molecular flexibility index (Phi) is 5.02. The molecule has 0 aliphatic heterocycles. The maximum absolute atomic E-state index is 13.9. The molecular formula is C16H7F4NO4. The second-order valence-corrected chi connectivity index (χ2v) is 4.57. The Balaban J connectivity index is 2.37. The van der Waals surface area contributed by atoms with Crippen molar-refractivity contribution in [1.29, 1.82) is 0 Å². The molecule has 0 saturated heterocycles. The molecular weight excluding hydrogens is 346 g/mol. The standard InChI is InChI=1S/C16H7F4NO4/c1-2-3-8-4-10(17)14(11(18)5-8)16(22)25-9-6-12(19)15(21(23)24)13(20)7-9/h4-7H,1H3. The summed E-state index contributed by atoms with van der Waals surface area (Å²) in [6.45, 7) is 1.44. The molecule has 0 saturated carbocycles. The highest BCUT2D eigenvalue weighted by Gasteiger charge is 2.25. The predicted molar refractivity (Wildman–Crippen MR) is 76.9 cm³/mol. The predicted octanol–water partition coefficient (Wildman–Crippen LogP) is 3.74. The molecule has 0 radical (unpaired) electrons. The topological polar surface area (TPSA) is 69.4 Å². The molecule has 2 aromatic carbocycles. The van der Waals surface area contributed by atoms with E-state index in [9.17, 15) is 32.5 Å². The smallest absolute Gasteiger partial charge is 0.349 e. The van der Waals surface area contributed by atoms with Gasteiger partial charge in [0.1, 0.15) is 22.9 Å². The van der Waals surface area contributed by atoms with Gasteiger partial charge in [0.05, 0.1) is 4.92 Å². The number of carbonyl (C=O) groups excluding carboxylic acids is 1. The van der Waals surface area contributed by atoms with Crippen molar-refractivity contribution in [3.8, 4) is 17.6 Å². The van der Waals surface area contributed by atoms with Crippen LogP contribution in [0.2, 0.25) is 0 Å². The average molecular weight is 353 g/mol. The Bertz CT molecular complexity index is 901. The summed E-state index contributed by atoms with van der Waals surface area (Å²) in [6, 6.07) is 2.28. The van der Waals surface area contributed by atoms with E-state index in [0.717, 1.165) is 12.1 Å². The van der Waals surface area contributed by atoms with E-state index in [4.69, 9.17) is 0 Å². The Hall–Kier alpha value is -3.41. The van der Waals surface area contributed by atoms with Gasteiger partial charge in [-0.25, -0.2) is 13.6 Å². The Labute approximate surface area is 138 Å². The number of carbonyl (C=O) groups is 1. The first-order chi connectivity index (χ1) is 11.7. The average Bonchev–Trinajstić information content (AvgIpc) is 2.45. The maximum atomic E-state index is 13.9. The van der Waals surface area contributed by atoms with Crippen molar-refractivity contribution in [2.45, 2.75) is 6.92 Å². The second kappa shape index (κ2) is 7.00. The number of hydrogen-bond donors (Lipinski definition) is 0. The van der Waals surface area contributed by atoms with Crippen LogP contribution in [0, 0.1) is 45.2 Å². The van der Waals surface area contributed by atoms with E-state index in [1.54, 1.807) is 0 Å². The molecule has 0 aliphatic rings. The van der Waals surface area contributed by atoms with Gasteiger partial charge in [0.2, 0.25) is 11.6 Å². The van der Waals surface area contributed by atoms with Gasteiger partial charge in [-0.15, -0.1) is 5.92 Å². The lowest BCUT2D eigenvalue weighted by molar-refractivity contribution is -0.390. The highest BCUT2D eigenvalue weighted by molar-refractivity contribution is 5.91. The first-order valence-corrected chi connectivity index (χ1v) is 6.52. The molecule has 25 heavy (non-hydrogen) atoms. The molecule has 0 heterocycles. The lowest BCUT2D eigenvalue weighted by Gasteiger charge is -2.07. The fourth-order valence-electron chi connectivity index (χ4n) is 1.92. The van der Waals surface area contributed by atoms with Gasteiger partial charge >= 0.3 is 11.7 Å². The third-order valence-corrected chi connectivity index (χ3v) is 2.90. The SMILES string of the molecule is CC#Cc1cc(F)c(C(=O)Oc2cc(F)c([N+](=O)[O-])c(F)c2)c(F)c1. The van der Waals surface area contributed by atoms with Gasteiger partial charge in [0, 0.05) is 17.7 Å². The van der Waals surface area contributed by atoms with E-state index < -0.39 is 51.2 Å². The van der Waals surface area contributed by atoms with Crippen LogP contribution in [-0.4, -0.2) is 10.9 Å². The minimum absolute atomic E-state index is 0.0264. The van der Waals surface area contributed by atoms with Crippen LogP contribution in [0.5, 0.6) is 5.75 Å². The second-order valence-electron chi connectivity index (χ2n) is 4.57. The van der Waals surface area contributed by atoms with E-state index in [2.05, 4.69) is 16.6 Å². The van der Waals surface area contributed by atoms with Crippen molar-refractivity contribution >= 4 is 11.7 Å². The van der Waals surface area contributed by atoms with Gasteiger partial charge < -0.3 is 4.74 Å². The number of ether oxygens (including phenoxy) is 1. The first kappa shape index (κ1) is 17.9. The quantitative estimate of drug-likeness (QED) is 0.210. The van der Waals surface area contributed by atoms with E-state index in [1.165, 1.54) is 6.92 Å². The molecule has 0 bridgehead atoms. The van der Waals surface area contributed by atoms with Crippen LogP contribution in [0.15, 0.2) is 24.3 Å². The van der Waals surface area contributed by atoms with Crippen LogP contribution < -0.4 is 4.74 Å². The van der Waals surface area contributed by atoms with Crippen LogP contribution in [0.25, 0.3) is 0 Å². The summed E-state index contributed by atoms with van der Waals surface area (Å²) in [7, 11) is 0. The van der Waals surface area contributed by atoms with Crippen molar-refractivity contribution in [3.63, 3.8) is 0 Å². The molecule has 0 amide bonds. The largest absolute Gasteiger partial charge is 0.423 e. The van der Waals surface area contributed by atoms with Crippen molar-refractivity contribution in [2.75, 3.05) is 0 Å². The van der Waals surface area contributed by atoms with Gasteiger partial charge in [0.25, 0.3) is 0 Å². The van der Waals surface area contributed by atoms with Crippen molar-refractivity contribution in [1.82, 2.24) is 0 Å². The number of rotatable bonds is 3. The zero-order valence-corrected chi connectivity index (χ0v) is 12.4. The summed E-state index contributed by atoms with van der Waals surface area (Å²) in [5.41, 5.74) is -2.57. The third kappa shape index (κ3) is 3.74. The summed E-state index contributed by atoms with van der Waals surface area (Å²) >= 11 is 0. The summed E-state index contributed by atoms with van der Waals surface area (Å²) in [5.74, 6) is -3.34. The van der Waals surface area contributed by atoms with Crippen LogP contribution in [0.3, 0.4) is 0 Å². The molecule has 0 atom stereocenters. The molecule has 0 aromatic heterocycles. The van der Waals surface area contributed by atoms with Crippen LogP contribution >= 0.6 is 0 Å². The minimum Gasteiger partial charge on any atom is -0.423 e. The molecule has 2 aromatic rings. The normalized spacial score (nSPS) is 9.96. The number of hydrogen-bond acceptors (Lipinski definition) is 4. The van der Waals surface area contributed by atoms with Gasteiger partial charge in [-0.2, -0.15) is 8.78 Å². The lowest BCUT2D eigenvalue weighted by Crippen LogP contribution is -2.14. The Morgan fingerprint density at radius 2 is 1.56 bits per heavy atom. The number of halogens is 4. The summed E-state index contributed by atoms with van der Waals surface area (Å²) in [4.78, 5) is 21.0. The highest BCUT2D eigenvalue weighted by Crippen LogP contribution is 2.27. The molecule has 0 aliphatic carbocycles. The first-order valence-electron chi connectivity index (χ1n) is 6.52. The number of nitro benzene ring substituents is 1. The molecule has 0 fully saturated rings. The van der Waals surface area contributed by atoms with E-state index in [1.807, 2.05) is 0 Å². The molecule has 128 valence electrons. The van der Waals surface area contributed by atoms with Crippen LogP contribution in [0.4, 0.5) is 23.2 Å². The molecule has 0 unspecified atom stereocenters. The highest BCUT2D eigenvalue weighted by atomic mass is 19.1. The van der Waals surface area contributed by atoms with Gasteiger partial charge in [-0.05, 0) is 19.1 Å². The monoisotopic (exact) mass is 353 g/mol. The van der Waals surface area contributed by atoms with Crippen molar-refractivity contribution in [2.24, 2.45) is 0 Å². The summed E-state index contributed by atoms with van der Waals surface area (Å²) < 4.78 is 59.2. The fourth-order valence-corrected chi connectivity index (χ4v) is 1.92. The summed E-state index contributed by atoms with van der Waals surface area (Å²) in [5, 5.41) is 10.5. The van der Waals surface area contributed by atoms with E-state index in [-0.39, 0.29) is 5.56 Å². The number of benzene rings is 2. The maximum Gasteiger partial charge on any atom is 0.349 e. The molecule has 0 N–H and O–H groups in total. The van der Waals surface area contributed by atoms with E-state index in [0.29, 0.717) is 12.1 Å². The zero-order valence-electron chi connectivity index (χ0n) is 12.4. The number of nitro groups is 1. The minimum atomic E-state index is -1.61. The molecule has 9 heteroatoms. The summed E-state index contributed by atoms with van der Waals surface area (Å²) in [6.07, 6.45) is 0. The van der Waals surface area contributed by atoms with Crippen molar-refractivity contribution < 1.29 is 32.0 Å². The number of nitrogens with zero attached hydrogens (tertiary/aromatic N) is 1. The Morgan fingerprint density at radius 3 is 2.00 bits per heavy atom. The zero-order chi connectivity index (χ0) is 18.7.